The molecule has 3 nitrogen and oxygen atoms in total. The number of pyridine rings is 1. The maximum absolute atomic E-state index is 11.5. The Morgan fingerprint density at radius 2 is 2.20 bits per heavy atom. The quantitative estimate of drug-likeness (QED) is 0.735. The number of ketones is 1. The van der Waals surface area contributed by atoms with Crippen LogP contribution in [-0.2, 0) is 4.79 Å². The Morgan fingerprint density at radius 3 is 2.67 bits per heavy atom. The van der Waals surface area contributed by atoms with Gasteiger partial charge in [0.2, 0.25) is 0 Å². The van der Waals surface area contributed by atoms with Crippen LogP contribution in [0.15, 0.2) is 24.4 Å². The maximum Gasteiger partial charge on any atom is 0.138 e. The van der Waals surface area contributed by atoms with E-state index >= 15 is 0 Å². The lowest BCUT2D eigenvalue weighted by Gasteiger charge is -2.16. The lowest BCUT2D eigenvalue weighted by atomic mass is 9.96. The summed E-state index contributed by atoms with van der Waals surface area (Å²) in [5.41, 5.74) is 0.881. The zero-order valence-electron chi connectivity index (χ0n) is 9.60. The Morgan fingerprint density at radius 1 is 1.47 bits per heavy atom. The molecule has 1 aromatic heterocycles. The third-order valence-corrected chi connectivity index (χ3v) is 2.40. The summed E-state index contributed by atoms with van der Waals surface area (Å²) in [7, 11) is 4.02. The Bertz CT molecular complexity index is 309. The standard InChI is InChI=1S/C12H18N2O/c1-10(15)11(7-9-14(2)3)12-6-4-5-8-13-12/h4-6,8,11H,7,9H2,1-3H3/t11-/m1/s1. The highest BCUT2D eigenvalue weighted by Crippen LogP contribution is 2.18. The maximum atomic E-state index is 11.5. The van der Waals surface area contributed by atoms with E-state index in [4.69, 9.17) is 0 Å². The zero-order chi connectivity index (χ0) is 11.3. The number of hydrogen-bond donors (Lipinski definition) is 0. The highest BCUT2D eigenvalue weighted by atomic mass is 16.1. The zero-order valence-corrected chi connectivity index (χ0v) is 9.60. The molecule has 0 aliphatic carbocycles. The Kier molecular flexibility index (Phi) is 4.43. The second kappa shape index (κ2) is 5.61. The summed E-state index contributed by atoms with van der Waals surface area (Å²) >= 11 is 0. The van der Waals surface area contributed by atoms with E-state index in [-0.39, 0.29) is 11.7 Å². The molecule has 1 atom stereocenters. The molecule has 0 radical (unpaired) electrons. The molecule has 82 valence electrons. The second-order valence-corrected chi connectivity index (χ2v) is 4.01. The van der Waals surface area contributed by atoms with E-state index in [2.05, 4.69) is 9.88 Å². The van der Waals surface area contributed by atoms with Gasteiger partial charge in [-0.25, -0.2) is 0 Å². The van der Waals surface area contributed by atoms with Gasteiger partial charge in [-0.2, -0.15) is 0 Å². The van der Waals surface area contributed by atoms with Crippen molar-refractivity contribution in [1.29, 1.82) is 0 Å². The first-order valence-corrected chi connectivity index (χ1v) is 5.17. The highest BCUT2D eigenvalue weighted by Gasteiger charge is 2.17. The average molecular weight is 206 g/mol. The number of aromatic nitrogens is 1. The van der Waals surface area contributed by atoms with Crippen molar-refractivity contribution in [3.63, 3.8) is 0 Å². The minimum Gasteiger partial charge on any atom is -0.309 e. The number of carbonyl (C=O) groups excluding carboxylic acids is 1. The normalized spacial score (nSPS) is 12.8. The molecule has 0 aliphatic rings. The number of hydrogen-bond acceptors (Lipinski definition) is 3. The highest BCUT2D eigenvalue weighted by molar-refractivity contribution is 5.82. The number of Topliss-reactive ketones (excluding diaryl/α,β-unsaturated/α-hetero) is 1. The molecular formula is C12H18N2O. The first-order valence-electron chi connectivity index (χ1n) is 5.17. The van der Waals surface area contributed by atoms with Crippen LogP contribution >= 0.6 is 0 Å². The monoisotopic (exact) mass is 206 g/mol. The summed E-state index contributed by atoms with van der Waals surface area (Å²) in [5.74, 6) is 0.129. The summed E-state index contributed by atoms with van der Waals surface area (Å²) in [5, 5.41) is 0. The average Bonchev–Trinajstić information content (AvgIpc) is 2.18. The van der Waals surface area contributed by atoms with Crippen molar-refractivity contribution in [3.8, 4) is 0 Å². The van der Waals surface area contributed by atoms with Gasteiger partial charge in [-0.3, -0.25) is 9.78 Å². The van der Waals surface area contributed by atoms with Crippen LogP contribution < -0.4 is 0 Å². The molecule has 0 fully saturated rings. The van der Waals surface area contributed by atoms with E-state index in [1.54, 1.807) is 13.1 Å². The third-order valence-electron chi connectivity index (χ3n) is 2.40. The van der Waals surface area contributed by atoms with Gasteiger partial charge in [0.1, 0.15) is 5.78 Å². The molecule has 0 bridgehead atoms. The van der Waals surface area contributed by atoms with Crippen molar-refractivity contribution in [2.24, 2.45) is 0 Å². The van der Waals surface area contributed by atoms with E-state index in [1.807, 2.05) is 32.3 Å². The number of rotatable bonds is 5. The number of nitrogens with zero attached hydrogens (tertiary/aromatic N) is 2. The van der Waals surface area contributed by atoms with Crippen molar-refractivity contribution < 1.29 is 4.79 Å². The number of carbonyl (C=O) groups is 1. The molecule has 0 amide bonds. The third kappa shape index (κ3) is 3.80. The fourth-order valence-corrected chi connectivity index (χ4v) is 1.53. The van der Waals surface area contributed by atoms with E-state index in [0.717, 1.165) is 18.7 Å². The van der Waals surface area contributed by atoms with Gasteiger partial charge in [0.05, 0.1) is 11.6 Å². The SMILES string of the molecule is CC(=O)[C@@H](CCN(C)C)c1ccccn1. The first-order chi connectivity index (χ1) is 7.11. The van der Waals surface area contributed by atoms with E-state index in [1.165, 1.54) is 0 Å². The molecule has 1 heterocycles. The van der Waals surface area contributed by atoms with E-state index in [0.29, 0.717) is 0 Å². The van der Waals surface area contributed by atoms with E-state index < -0.39 is 0 Å². The van der Waals surface area contributed by atoms with Crippen LogP contribution in [0, 0.1) is 0 Å². The molecule has 1 rings (SSSR count). The van der Waals surface area contributed by atoms with Crippen LogP contribution in [0.5, 0.6) is 0 Å². The molecule has 0 aromatic carbocycles. The molecule has 0 unspecified atom stereocenters. The topological polar surface area (TPSA) is 33.2 Å². The molecule has 0 aliphatic heterocycles. The van der Waals surface area contributed by atoms with Crippen molar-refractivity contribution in [1.82, 2.24) is 9.88 Å². The summed E-state index contributed by atoms with van der Waals surface area (Å²) in [6, 6.07) is 5.71. The first kappa shape index (κ1) is 11.9. The van der Waals surface area contributed by atoms with E-state index in [9.17, 15) is 4.79 Å². The van der Waals surface area contributed by atoms with Gasteiger partial charge in [0, 0.05) is 6.20 Å². The van der Waals surface area contributed by atoms with Crippen molar-refractivity contribution in [2.75, 3.05) is 20.6 Å². The molecule has 0 N–H and O–H groups in total. The second-order valence-electron chi connectivity index (χ2n) is 4.01. The van der Waals surface area contributed by atoms with Crippen LogP contribution in [0.25, 0.3) is 0 Å². The van der Waals surface area contributed by atoms with Crippen LogP contribution in [0.3, 0.4) is 0 Å². The van der Waals surface area contributed by atoms with Crippen molar-refractivity contribution in [2.45, 2.75) is 19.3 Å². The Labute approximate surface area is 91.1 Å². The molecule has 0 spiro atoms. The largest absolute Gasteiger partial charge is 0.309 e. The van der Waals surface area contributed by atoms with Gasteiger partial charge in [0.15, 0.2) is 0 Å². The van der Waals surface area contributed by atoms with Crippen molar-refractivity contribution >= 4 is 5.78 Å². The molecule has 3 heteroatoms. The molecule has 0 saturated carbocycles. The fourth-order valence-electron chi connectivity index (χ4n) is 1.53. The Balaban J connectivity index is 2.71. The summed E-state index contributed by atoms with van der Waals surface area (Å²) in [6.07, 6.45) is 2.57. The van der Waals surface area contributed by atoms with Gasteiger partial charge in [0.25, 0.3) is 0 Å². The lowest BCUT2D eigenvalue weighted by Crippen LogP contribution is -2.19. The van der Waals surface area contributed by atoms with Crippen LogP contribution in [-0.4, -0.2) is 36.3 Å². The molecule has 15 heavy (non-hydrogen) atoms. The van der Waals surface area contributed by atoms with Gasteiger partial charge in [-0.05, 0) is 46.1 Å². The van der Waals surface area contributed by atoms with Crippen molar-refractivity contribution in [3.05, 3.63) is 30.1 Å². The van der Waals surface area contributed by atoms with Gasteiger partial charge < -0.3 is 4.90 Å². The molecular weight excluding hydrogens is 188 g/mol. The summed E-state index contributed by atoms with van der Waals surface area (Å²) in [4.78, 5) is 17.8. The predicted molar refractivity (Wildman–Crippen MR) is 60.8 cm³/mol. The molecule has 0 saturated heterocycles. The predicted octanol–water partition coefficient (Wildman–Crippen LogP) is 1.71. The fraction of sp³-hybridized carbons (Fsp3) is 0.500. The van der Waals surface area contributed by atoms with Crippen LogP contribution in [0.4, 0.5) is 0 Å². The minimum absolute atomic E-state index is 0.0615. The lowest BCUT2D eigenvalue weighted by molar-refractivity contribution is -0.118. The van der Waals surface area contributed by atoms with Gasteiger partial charge >= 0.3 is 0 Å². The minimum atomic E-state index is -0.0615. The van der Waals surface area contributed by atoms with Gasteiger partial charge in [-0.1, -0.05) is 6.07 Å². The summed E-state index contributed by atoms with van der Waals surface area (Å²) in [6.45, 7) is 2.54. The smallest absolute Gasteiger partial charge is 0.138 e. The molecule has 1 aromatic rings. The summed E-state index contributed by atoms with van der Waals surface area (Å²) < 4.78 is 0. The van der Waals surface area contributed by atoms with Crippen LogP contribution in [0.2, 0.25) is 0 Å². The Hall–Kier alpha value is -1.22. The van der Waals surface area contributed by atoms with Gasteiger partial charge in [-0.15, -0.1) is 0 Å². The van der Waals surface area contributed by atoms with Crippen LogP contribution in [0.1, 0.15) is 25.0 Å².